The van der Waals surface area contributed by atoms with Gasteiger partial charge in [0.25, 0.3) is 0 Å². The van der Waals surface area contributed by atoms with E-state index in [1.807, 2.05) is 30.3 Å². The number of halogens is 1. The molecule has 4 nitrogen and oxygen atoms in total. The van der Waals surface area contributed by atoms with E-state index in [0.717, 1.165) is 9.47 Å². The van der Waals surface area contributed by atoms with Gasteiger partial charge in [-0.2, -0.15) is 0 Å². The summed E-state index contributed by atoms with van der Waals surface area (Å²) in [4.78, 5) is 12.3. The van der Waals surface area contributed by atoms with Gasteiger partial charge in [0.15, 0.2) is 6.61 Å². The molecule has 1 unspecified atom stereocenters. The summed E-state index contributed by atoms with van der Waals surface area (Å²) < 4.78 is 10.9. The molecule has 1 aromatic heterocycles. The molecular formula is C15H16BrNO3S. The van der Waals surface area contributed by atoms with Crippen LogP contribution in [0.4, 0.5) is 5.69 Å². The van der Waals surface area contributed by atoms with E-state index >= 15 is 0 Å². The monoisotopic (exact) mass is 369 g/mol. The molecule has 0 saturated carbocycles. The van der Waals surface area contributed by atoms with Crippen molar-refractivity contribution in [1.82, 2.24) is 0 Å². The number of methoxy groups -OCH3 is 1. The molecular weight excluding hydrogens is 354 g/mol. The molecule has 0 fully saturated rings. The van der Waals surface area contributed by atoms with Crippen LogP contribution in [0.2, 0.25) is 0 Å². The molecule has 1 heterocycles. The molecule has 2 aromatic rings. The first-order valence-electron chi connectivity index (χ1n) is 6.40. The third-order valence-electron chi connectivity index (χ3n) is 2.84. The molecule has 0 saturated heterocycles. The standard InChI is InChI=1S/C15H16BrNO3S/c1-10(13-7-8-14(16)21-13)17-11-3-5-12(6-4-11)20-9-15(18)19-2/h3-8,10,17H,9H2,1-2H3. The van der Waals surface area contributed by atoms with Gasteiger partial charge in [-0.25, -0.2) is 4.79 Å². The Morgan fingerprint density at radius 1 is 1.29 bits per heavy atom. The Morgan fingerprint density at radius 2 is 2.00 bits per heavy atom. The molecule has 21 heavy (non-hydrogen) atoms. The molecule has 0 bridgehead atoms. The van der Waals surface area contributed by atoms with Crippen LogP contribution >= 0.6 is 27.3 Å². The number of anilines is 1. The molecule has 1 N–H and O–H groups in total. The predicted molar refractivity (Wildman–Crippen MR) is 88.0 cm³/mol. The summed E-state index contributed by atoms with van der Waals surface area (Å²) in [5.41, 5.74) is 0.998. The summed E-state index contributed by atoms with van der Waals surface area (Å²) in [5.74, 6) is 0.242. The van der Waals surface area contributed by atoms with Crippen LogP contribution in [0, 0.1) is 0 Å². The first-order chi connectivity index (χ1) is 10.1. The van der Waals surface area contributed by atoms with Crippen LogP contribution < -0.4 is 10.1 Å². The quantitative estimate of drug-likeness (QED) is 0.773. The molecule has 0 aliphatic rings. The van der Waals surface area contributed by atoms with E-state index in [1.165, 1.54) is 12.0 Å². The molecule has 6 heteroatoms. The molecule has 112 valence electrons. The summed E-state index contributed by atoms with van der Waals surface area (Å²) in [5, 5.41) is 3.42. The largest absolute Gasteiger partial charge is 0.482 e. The van der Waals surface area contributed by atoms with Crippen LogP contribution in [0.5, 0.6) is 5.75 Å². The summed E-state index contributed by atoms with van der Waals surface area (Å²) in [6.07, 6.45) is 0. The highest BCUT2D eigenvalue weighted by Crippen LogP contribution is 2.29. The van der Waals surface area contributed by atoms with Gasteiger partial charge in [0.2, 0.25) is 0 Å². The minimum absolute atomic E-state index is 0.0805. The van der Waals surface area contributed by atoms with Gasteiger partial charge < -0.3 is 14.8 Å². The van der Waals surface area contributed by atoms with Gasteiger partial charge >= 0.3 is 5.97 Å². The Balaban J connectivity index is 1.91. The number of nitrogens with one attached hydrogen (secondary N) is 1. The van der Waals surface area contributed by atoms with Crippen molar-refractivity contribution in [3.8, 4) is 5.75 Å². The lowest BCUT2D eigenvalue weighted by molar-refractivity contribution is -0.142. The molecule has 0 aliphatic carbocycles. The SMILES string of the molecule is COC(=O)COc1ccc(NC(C)c2ccc(Br)s2)cc1. The summed E-state index contributed by atoms with van der Waals surface area (Å²) >= 11 is 5.18. The van der Waals surface area contributed by atoms with E-state index in [-0.39, 0.29) is 12.6 Å². The van der Waals surface area contributed by atoms with Crippen LogP contribution in [0.25, 0.3) is 0 Å². The van der Waals surface area contributed by atoms with Gasteiger partial charge in [0.1, 0.15) is 5.75 Å². The fraction of sp³-hybridized carbons (Fsp3) is 0.267. The van der Waals surface area contributed by atoms with Crippen molar-refractivity contribution >= 4 is 38.9 Å². The van der Waals surface area contributed by atoms with E-state index in [2.05, 4.69) is 39.0 Å². The van der Waals surface area contributed by atoms with Gasteiger partial charge in [-0.3, -0.25) is 0 Å². The molecule has 0 amide bonds. The van der Waals surface area contributed by atoms with E-state index in [0.29, 0.717) is 5.75 Å². The first kappa shape index (κ1) is 15.9. The highest BCUT2D eigenvalue weighted by Gasteiger charge is 2.08. The van der Waals surface area contributed by atoms with Crippen LogP contribution in [0.15, 0.2) is 40.2 Å². The van der Waals surface area contributed by atoms with Crippen LogP contribution in [-0.2, 0) is 9.53 Å². The van der Waals surface area contributed by atoms with Crippen molar-refractivity contribution in [2.45, 2.75) is 13.0 Å². The van der Waals surface area contributed by atoms with Gasteiger partial charge in [-0.05, 0) is 59.3 Å². The lowest BCUT2D eigenvalue weighted by atomic mass is 10.2. The minimum Gasteiger partial charge on any atom is -0.482 e. The number of thiophene rings is 1. The van der Waals surface area contributed by atoms with E-state index in [9.17, 15) is 4.79 Å². The van der Waals surface area contributed by atoms with Crippen molar-refractivity contribution in [2.24, 2.45) is 0 Å². The number of carbonyl (C=O) groups is 1. The average molecular weight is 370 g/mol. The second-order valence-electron chi connectivity index (χ2n) is 4.40. The zero-order valence-corrected chi connectivity index (χ0v) is 14.2. The number of benzene rings is 1. The predicted octanol–water partition coefficient (Wildman–Crippen LogP) is 4.24. The van der Waals surface area contributed by atoms with Gasteiger partial charge in [0, 0.05) is 10.6 Å². The normalized spacial score (nSPS) is 11.8. The van der Waals surface area contributed by atoms with E-state index in [1.54, 1.807) is 11.3 Å². The fourth-order valence-electron chi connectivity index (χ4n) is 1.73. The van der Waals surface area contributed by atoms with Gasteiger partial charge in [-0.1, -0.05) is 0 Å². The number of hydrogen-bond acceptors (Lipinski definition) is 5. The third kappa shape index (κ3) is 4.75. The average Bonchev–Trinajstić information content (AvgIpc) is 2.93. The van der Waals surface area contributed by atoms with E-state index in [4.69, 9.17) is 4.74 Å². The zero-order valence-electron chi connectivity index (χ0n) is 11.8. The van der Waals surface area contributed by atoms with Crippen molar-refractivity contribution in [3.05, 3.63) is 45.1 Å². The van der Waals surface area contributed by atoms with Gasteiger partial charge in [-0.15, -0.1) is 11.3 Å². The lowest BCUT2D eigenvalue weighted by Gasteiger charge is -2.14. The topological polar surface area (TPSA) is 47.6 Å². The molecule has 0 aliphatic heterocycles. The van der Waals surface area contributed by atoms with E-state index < -0.39 is 5.97 Å². The summed E-state index contributed by atoms with van der Waals surface area (Å²) in [6.45, 7) is 2.03. The maximum absolute atomic E-state index is 11.0. The molecule has 0 spiro atoms. The second-order valence-corrected chi connectivity index (χ2v) is 6.89. The maximum Gasteiger partial charge on any atom is 0.343 e. The highest BCUT2D eigenvalue weighted by molar-refractivity contribution is 9.11. The number of ether oxygens (including phenoxy) is 2. The maximum atomic E-state index is 11.0. The van der Waals surface area contributed by atoms with Crippen LogP contribution in [0.3, 0.4) is 0 Å². The van der Waals surface area contributed by atoms with Crippen LogP contribution in [0.1, 0.15) is 17.8 Å². The van der Waals surface area contributed by atoms with Crippen molar-refractivity contribution < 1.29 is 14.3 Å². The van der Waals surface area contributed by atoms with Crippen molar-refractivity contribution in [2.75, 3.05) is 19.0 Å². The Kier molecular flexibility index (Phi) is 5.64. The lowest BCUT2D eigenvalue weighted by Crippen LogP contribution is -2.12. The second kappa shape index (κ2) is 7.47. The number of esters is 1. The number of hydrogen-bond donors (Lipinski definition) is 1. The Labute approximate surface area is 136 Å². The highest BCUT2D eigenvalue weighted by atomic mass is 79.9. The Bertz CT molecular complexity index is 597. The smallest absolute Gasteiger partial charge is 0.343 e. The third-order valence-corrected chi connectivity index (χ3v) is 4.65. The number of carbonyl (C=O) groups excluding carboxylic acids is 1. The minimum atomic E-state index is -0.394. The number of rotatable bonds is 6. The fourth-order valence-corrected chi connectivity index (χ4v) is 3.16. The molecule has 2 rings (SSSR count). The zero-order chi connectivity index (χ0) is 15.2. The molecule has 1 aromatic carbocycles. The van der Waals surface area contributed by atoms with Crippen molar-refractivity contribution in [1.29, 1.82) is 0 Å². The first-order valence-corrected chi connectivity index (χ1v) is 8.01. The Morgan fingerprint density at radius 3 is 2.57 bits per heavy atom. The van der Waals surface area contributed by atoms with Gasteiger partial charge in [0.05, 0.1) is 16.9 Å². The van der Waals surface area contributed by atoms with Crippen LogP contribution in [-0.4, -0.2) is 19.7 Å². The van der Waals surface area contributed by atoms with Crippen molar-refractivity contribution in [3.63, 3.8) is 0 Å². The Hall–Kier alpha value is -1.53. The molecule has 0 radical (unpaired) electrons. The molecule has 1 atom stereocenters. The summed E-state index contributed by atoms with van der Waals surface area (Å²) in [7, 11) is 1.34. The summed E-state index contributed by atoms with van der Waals surface area (Å²) in [6, 6.07) is 11.9.